The molecule has 12 heteroatoms. The molecular formula is C34H52ClN7O3S. The molecule has 1 aromatic carbocycles. The molecule has 0 aliphatic carbocycles. The van der Waals surface area contributed by atoms with Gasteiger partial charge in [0.2, 0.25) is 15.9 Å². The van der Waals surface area contributed by atoms with Crippen LogP contribution in [-0.4, -0.2) is 133 Å². The molecule has 3 saturated heterocycles. The molecule has 0 bridgehead atoms. The number of aromatic nitrogens is 2. The number of amides is 1. The van der Waals surface area contributed by atoms with Crippen molar-refractivity contribution in [1.29, 1.82) is 0 Å². The summed E-state index contributed by atoms with van der Waals surface area (Å²) in [4.78, 5) is 21.8. The maximum atomic E-state index is 12.5. The molecule has 2 aromatic rings. The highest BCUT2D eigenvalue weighted by Gasteiger charge is 2.32. The molecule has 0 radical (unpaired) electrons. The van der Waals surface area contributed by atoms with Crippen LogP contribution in [0.5, 0.6) is 0 Å². The highest BCUT2D eigenvalue weighted by molar-refractivity contribution is 7.88. The number of sulfonamides is 1. The fourth-order valence-electron chi connectivity index (χ4n) is 7.76. The van der Waals surface area contributed by atoms with E-state index in [4.69, 9.17) is 16.7 Å². The molecule has 0 atom stereocenters. The number of likely N-dealkylation sites (N-methyl/N-ethyl adjacent to an activating group) is 1. The molecule has 0 unspecified atom stereocenters. The minimum atomic E-state index is -3.31. The van der Waals surface area contributed by atoms with E-state index in [0.717, 1.165) is 143 Å². The number of rotatable bonds is 12. The largest absolute Gasteiger partial charge is 0.340 e. The number of hydrogen-bond acceptors (Lipinski definition) is 7. The van der Waals surface area contributed by atoms with Gasteiger partial charge in [-0.15, -0.1) is 0 Å². The Hall–Kier alpha value is -2.02. The van der Waals surface area contributed by atoms with Gasteiger partial charge in [0.05, 0.1) is 11.9 Å². The van der Waals surface area contributed by atoms with Crippen molar-refractivity contribution in [2.24, 2.45) is 0 Å². The van der Waals surface area contributed by atoms with Crippen LogP contribution in [0.3, 0.4) is 0 Å². The van der Waals surface area contributed by atoms with E-state index in [2.05, 4.69) is 37.4 Å². The highest BCUT2D eigenvalue weighted by Crippen LogP contribution is 2.33. The predicted molar refractivity (Wildman–Crippen MR) is 184 cm³/mol. The lowest BCUT2D eigenvalue weighted by molar-refractivity contribution is -0.130. The van der Waals surface area contributed by atoms with Crippen LogP contribution >= 0.6 is 11.6 Å². The van der Waals surface area contributed by atoms with Crippen LogP contribution in [0.25, 0.3) is 11.3 Å². The number of likely N-dealkylation sites (tertiary alicyclic amines) is 2. The molecule has 3 fully saturated rings. The second kappa shape index (κ2) is 15.0. The standard InChI is InChI=1S/C34H52ClN7O3S/c1-37-21-23-39(24-22-37)14-4-3-7-27-25-28(9-10-31(27)35)34-30-26-40(46(2,44)45)20-13-32(30)42(36-34)17-6-15-38-18-11-29(12-19-38)41-16-5-8-33(41)43/h9-10,25,29H,3-8,11-24,26H2,1-2H3. The van der Waals surface area contributed by atoms with Crippen LogP contribution in [0.15, 0.2) is 18.2 Å². The van der Waals surface area contributed by atoms with Gasteiger partial charge in [0, 0.05) is 106 Å². The van der Waals surface area contributed by atoms with Crippen molar-refractivity contribution in [2.75, 3.05) is 78.8 Å². The molecular weight excluding hydrogens is 622 g/mol. The molecule has 6 rings (SSSR count). The summed E-state index contributed by atoms with van der Waals surface area (Å²) in [5, 5.41) is 5.93. The first-order chi connectivity index (χ1) is 22.2. The summed E-state index contributed by atoms with van der Waals surface area (Å²) in [7, 11) is -1.12. The zero-order valence-electron chi connectivity index (χ0n) is 27.8. The lowest BCUT2D eigenvalue weighted by Crippen LogP contribution is -2.45. The van der Waals surface area contributed by atoms with Gasteiger partial charge in [-0.2, -0.15) is 9.40 Å². The van der Waals surface area contributed by atoms with Gasteiger partial charge in [-0.25, -0.2) is 8.42 Å². The van der Waals surface area contributed by atoms with E-state index in [1.807, 2.05) is 12.1 Å². The summed E-state index contributed by atoms with van der Waals surface area (Å²) in [5.74, 6) is 0.334. The predicted octanol–water partition coefficient (Wildman–Crippen LogP) is 3.57. The summed E-state index contributed by atoms with van der Waals surface area (Å²) < 4.78 is 28.8. The van der Waals surface area contributed by atoms with Crippen LogP contribution in [-0.2, 0) is 40.7 Å². The number of piperidine rings is 1. The van der Waals surface area contributed by atoms with Gasteiger partial charge in [-0.3, -0.25) is 9.48 Å². The van der Waals surface area contributed by atoms with Gasteiger partial charge < -0.3 is 19.6 Å². The smallest absolute Gasteiger partial charge is 0.222 e. The number of carbonyl (C=O) groups excluding carboxylic acids is 1. The molecule has 4 aliphatic rings. The van der Waals surface area contributed by atoms with Crippen molar-refractivity contribution in [3.63, 3.8) is 0 Å². The Kier molecular flexibility index (Phi) is 11.1. The fourth-order valence-corrected chi connectivity index (χ4v) is 8.75. The Labute approximate surface area is 280 Å². The first kappa shape index (κ1) is 33.9. The topological polar surface area (TPSA) is 85.2 Å². The minimum Gasteiger partial charge on any atom is -0.340 e. The van der Waals surface area contributed by atoms with Crippen molar-refractivity contribution in [1.82, 2.24) is 33.7 Å². The second-order valence-electron chi connectivity index (χ2n) is 13.9. The summed E-state index contributed by atoms with van der Waals surface area (Å²) in [5.41, 5.74) is 5.22. The van der Waals surface area contributed by atoms with Crippen LogP contribution in [0.1, 0.15) is 61.8 Å². The van der Waals surface area contributed by atoms with E-state index in [1.165, 1.54) is 6.26 Å². The Balaban J connectivity index is 1.10. The third kappa shape index (κ3) is 8.15. The van der Waals surface area contributed by atoms with E-state index in [9.17, 15) is 13.2 Å². The lowest BCUT2D eigenvalue weighted by atomic mass is 9.99. The normalized spacial score (nSPS) is 21.4. The van der Waals surface area contributed by atoms with Gasteiger partial charge in [-0.1, -0.05) is 17.7 Å². The van der Waals surface area contributed by atoms with Crippen molar-refractivity contribution in [2.45, 2.75) is 76.9 Å². The first-order valence-electron chi connectivity index (χ1n) is 17.4. The number of benzene rings is 1. The van der Waals surface area contributed by atoms with Crippen LogP contribution in [0.2, 0.25) is 5.02 Å². The average Bonchev–Trinajstić information content (AvgIpc) is 3.64. The van der Waals surface area contributed by atoms with E-state index in [-0.39, 0.29) is 0 Å². The van der Waals surface area contributed by atoms with Gasteiger partial charge in [0.15, 0.2) is 0 Å². The van der Waals surface area contributed by atoms with Crippen molar-refractivity contribution >= 4 is 27.5 Å². The maximum Gasteiger partial charge on any atom is 0.222 e. The van der Waals surface area contributed by atoms with Gasteiger partial charge in [0.1, 0.15) is 0 Å². The van der Waals surface area contributed by atoms with Crippen LogP contribution in [0.4, 0.5) is 0 Å². The number of halogens is 1. The molecule has 10 nitrogen and oxygen atoms in total. The molecule has 5 heterocycles. The number of aryl methyl sites for hydroxylation is 2. The number of piperazine rings is 1. The third-order valence-corrected chi connectivity index (χ3v) is 12.2. The lowest BCUT2D eigenvalue weighted by Gasteiger charge is -2.36. The highest BCUT2D eigenvalue weighted by atomic mass is 35.5. The molecule has 254 valence electrons. The quantitative estimate of drug-likeness (QED) is 0.319. The number of fused-ring (bicyclic) bond motifs is 1. The molecule has 0 saturated carbocycles. The summed E-state index contributed by atoms with van der Waals surface area (Å²) >= 11 is 6.70. The Morgan fingerprint density at radius 3 is 2.35 bits per heavy atom. The van der Waals surface area contributed by atoms with Crippen molar-refractivity contribution in [3.8, 4) is 11.3 Å². The number of nitrogens with zero attached hydrogens (tertiary/aromatic N) is 7. The number of unbranched alkanes of at least 4 members (excludes halogenated alkanes) is 1. The van der Waals surface area contributed by atoms with Crippen LogP contribution < -0.4 is 0 Å². The fraction of sp³-hybridized carbons (Fsp3) is 0.706. The SMILES string of the molecule is CN1CCN(CCCCc2cc(-c3nn(CCCN4CCC(N5CCCC5=O)CC4)c4c3CN(S(C)(=O)=O)CC4)ccc2Cl)CC1. The first-order valence-corrected chi connectivity index (χ1v) is 19.6. The summed E-state index contributed by atoms with van der Waals surface area (Å²) in [6.07, 6.45) is 9.92. The second-order valence-corrected chi connectivity index (χ2v) is 16.3. The average molecular weight is 674 g/mol. The number of carbonyl (C=O) groups is 1. The van der Waals surface area contributed by atoms with E-state index in [0.29, 0.717) is 37.9 Å². The molecule has 4 aliphatic heterocycles. The Morgan fingerprint density at radius 1 is 0.891 bits per heavy atom. The van der Waals surface area contributed by atoms with Crippen molar-refractivity contribution < 1.29 is 13.2 Å². The number of hydrogen-bond donors (Lipinski definition) is 0. The molecule has 1 amide bonds. The van der Waals surface area contributed by atoms with E-state index >= 15 is 0 Å². The molecule has 1 aromatic heterocycles. The van der Waals surface area contributed by atoms with Crippen LogP contribution in [0, 0.1) is 0 Å². The summed E-state index contributed by atoms with van der Waals surface area (Å²) in [6, 6.07) is 6.61. The third-order valence-electron chi connectivity index (χ3n) is 10.6. The molecule has 46 heavy (non-hydrogen) atoms. The maximum absolute atomic E-state index is 12.5. The van der Waals surface area contributed by atoms with Gasteiger partial charge >= 0.3 is 0 Å². The van der Waals surface area contributed by atoms with E-state index in [1.54, 1.807) is 4.31 Å². The summed E-state index contributed by atoms with van der Waals surface area (Å²) in [6.45, 7) is 11.3. The van der Waals surface area contributed by atoms with Gasteiger partial charge in [-0.05, 0) is 82.8 Å². The monoisotopic (exact) mass is 673 g/mol. The minimum absolute atomic E-state index is 0.334. The van der Waals surface area contributed by atoms with Crippen molar-refractivity contribution in [3.05, 3.63) is 40.0 Å². The molecule has 0 spiro atoms. The zero-order chi connectivity index (χ0) is 32.3. The zero-order valence-corrected chi connectivity index (χ0v) is 29.4. The Morgan fingerprint density at radius 2 is 1.63 bits per heavy atom. The van der Waals surface area contributed by atoms with Gasteiger partial charge in [0.25, 0.3) is 0 Å². The molecule has 0 N–H and O–H groups in total. The van der Waals surface area contributed by atoms with E-state index < -0.39 is 10.0 Å². The Bertz CT molecular complexity index is 1470.